The van der Waals surface area contributed by atoms with Crippen LogP contribution in [-0.2, 0) is 9.53 Å². The minimum absolute atomic E-state index is 0.125. The number of carbonyl (C=O) groups is 1. The lowest BCUT2D eigenvalue weighted by Crippen LogP contribution is -2.25. The van der Waals surface area contributed by atoms with Crippen LogP contribution in [0, 0.1) is 0 Å². The molecular weight excluding hydrogens is 212 g/mol. The van der Waals surface area contributed by atoms with Crippen molar-refractivity contribution in [3.8, 4) is 0 Å². The molecule has 1 fully saturated rings. The van der Waals surface area contributed by atoms with E-state index in [-0.39, 0.29) is 11.9 Å². The number of benzene rings is 1. The van der Waals surface area contributed by atoms with E-state index in [0.29, 0.717) is 11.4 Å². The van der Waals surface area contributed by atoms with Crippen LogP contribution in [-0.4, -0.2) is 11.6 Å². The van der Waals surface area contributed by atoms with Gasteiger partial charge in [-0.15, -0.1) is 0 Å². The fourth-order valence-corrected chi connectivity index (χ4v) is 2.16. The Labute approximate surface area is 94.2 Å². The van der Waals surface area contributed by atoms with Gasteiger partial charge in [-0.1, -0.05) is 23.7 Å². The zero-order valence-electron chi connectivity index (χ0n) is 8.79. The largest absolute Gasteiger partial charge is 0.459 e. The van der Waals surface area contributed by atoms with Crippen molar-refractivity contribution in [3.63, 3.8) is 0 Å². The molecule has 15 heavy (non-hydrogen) atoms. The molecule has 0 saturated carbocycles. The number of hydrogen-bond donors (Lipinski definition) is 0. The van der Waals surface area contributed by atoms with Crippen LogP contribution in [0.5, 0.6) is 0 Å². The van der Waals surface area contributed by atoms with Crippen LogP contribution >= 0.6 is 11.6 Å². The van der Waals surface area contributed by atoms with Crippen LogP contribution in [0.15, 0.2) is 24.3 Å². The highest BCUT2D eigenvalue weighted by molar-refractivity contribution is 6.30. The first-order valence-corrected chi connectivity index (χ1v) is 5.34. The Balaban J connectivity index is 2.31. The predicted octanol–water partition coefficient (Wildman–Crippen LogP) is 3.15. The van der Waals surface area contributed by atoms with Crippen molar-refractivity contribution in [1.82, 2.24) is 0 Å². The van der Waals surface area contributed by atoms with Crippen molar-refractivity contribution < 1.29 is 9.53 Å². The molecule has 1 heterocycles. The smallest absolute Gasteiger partial charge is 0.307 e. The molecule has 3 heteroatoms. The van der Waals surface area contributed by atoms with E-state index in [1.165, 1.54) is 0 Å². The monoisotopic (exact) mass is 224 g/mol. The highest BCUT2D eigenvalue weighted by Crippen LogP contribution is 2.40. The first-order chi connectivity index (χ1) is 6.99. The summed E-state index contributed by atoms with van der Waals surface area (Å²) in [5, 5.41) is 0.710. The van der Waals surface area contributed by atoms with E-state index in [0.717, 1.165) is 5.56 Å². The molecule has 1 saturated heterocycles. The lowest BCUT2D eigenvalue weighted by molar-refractivity contribution is -0.146. The van der Waals surface area contributed by atoms with E-state index in [4.69, 9.17) is 16.3 Å². The minimum Gasteiger partial charge on any atom is -0.459 e. The van der Waals surface area contributed by atoms with Crippen LogP contribution in [0.1, 0.15) is 31.7 Å². The lowest BCUT2D eigenvalue weighted by Gasteiger charge is -2.24. The van der Waals surface area contributed by atoms with Gasteiger partial charge in [0.05, 0.1) is 6.42 Å². The second-order valence-corrected chi connectivity index (χ2v) is 4.82. The molecular formula is C12H13ClO2. The lowest BCUT2D eigenvalue weighted by atomic mass is 9.84. The molecule has 0 N–H and O–H groups in total. The van der Waals surface area contributed by atoms with Crippen LogP contribution in [0.4, 0.5) is 0 Å². The SMILES string of the molecule is CC1(C)OC(=O)C[C@H]1c1ccc(Cl)cc1. The molecule has 0 unspecified atom stereocenters. The van der Waals surface area contributed by atoms with Crippen LogP contribution in [0.25, 0.3) is 0 Å². The molecule has 0 amide bonds. The summed E-state index contributed by atoms with van der Waals surface area (Å²) in [5.41, 5.74) is 0.695. The maximum absolute atomic E-state index is 11.3. The standard InChI is InChI=1S/C12H13ClO2/c1-12(2)10(7-11(14)15-12)8-3-5-9(13)6-4-8/h3-6,10H,7H2,1-2H3/t10-/m0/s1. The van der Waals surface area contributed by atoms with Gasteiger partial charge in [-0.05, 0) is 31.5 Å². The van der Waals surface area contributed by atoms with Crippen LogP contribution < -0.4 is 0 Å². The fraction of sp³-hybridized carbons (Fsp3) is 0.417. The van der Waals surface area contributed by atoms with Crippen molar-refractivity contribution in [2.45, 2.75) is 31.8 Å². The first-order valence-electron chi connectivity index (χ1n) is 4.96. The summed E-state index contributed by atoms with van der Waals surface area (Å²) in [5.74, 6) is 0.00205. The molecule has 0 radical (unpaired) electrons. The van der Waals surface area contributed by atoms with Gasteiger partial charge in [0.25, 0.3) is 0 Å². The molecule has 0 aliphatic carbocycles. The second-order valence-electron chi connectivity index (χ2n) is 4.39. The molecule has 0 bridgehead atoms. The Hall–Kier alpha value is -1.02. The zero-order chi connectivity index (χ0) is 11.1. The first kappa shape index (κ1) is 10.5. The van der Waals surface area contributed by atoms with E-state index >= 15 is 0 Å². The van der Waals surface area contributed by atoms with Gasteiger partial charge in [0.15, 0.2) is 0 Å². The molecule has 1 aliphatic rings. The third kappa shape index (κ3) is 2.00. The minimum atomic E-state index is -0.412. The Morgan fingerprint density at radius 3 is 2.40 bits per heavy atom. The van der Waals surface area contributed by atoms with Crippen molar-refractivity contribution in [2.75, 3.05) is 0 Å². The topological polar surface area (TPSA) is 26.3 Å². The number of carbonyl (C=O) groups excluding carboxylic acids is 1. The number of esters is 1. The number of halogens is 1. The Morgan fingerprint density at radius 2 is 1.93 bits per heavy atom. The van der Waals surface area contributed by atoms with Crippen LogP contribution in [0.2, 0.25) is 5.02 Å². The number of hydrogen-bond acceptors (Lipinski definition) is 2. The number of ether oxygens (including phenoxy) is 1. The maximum atomic E-state index is 11.3. The van der Waals surface area contributed by atoms with Gasteiger partial charge in [0, 0.05) is 10.9 Å². The zero-order valence-corrected chi connectivity index (χ0v) is 9.54. The molecule has 2 nitrogen and oxygen atoms in total. The summed E-state index contributed by atoms with van der Waals surface area (Å²) in [4.78, 5) is 11.3. The van der Waals surface area contributed by atoms with Gasteiger partial charge in [-0.25, -0.2) is 0 Å². The molecule has 2 rings (SSSR count). The van der Waals surface area contributed by atoms with E-state index in [9.17, 15) is 4.79 Å². The highest BCUT2D eigenvalue weighted by atomic mass is 35.5. The van der Waals surface area contributed by atoms with Crippen molar-refractivity contribution in [1.29, 1.82) is 0 Å². The van der Waals surface area contributed by atoms with Gasteiger partial charge in [0.1, 0.15) is 5.60 Å². The van der Waals surface area contributed by atoms with Crippen molar-refractivity contribution in [2.24, 2.45) is 0 Å². The van der Waals surface area contributed by atoms with Gasteiger partial charge in [0.2, 0.25) is 0 Å². The Morgan fingerprint density at radius 1 is 1.33 bits per heavy atom. The quantitative estimate of drug-likeness (QED) is 0.685. The van der Waals surface area contributed by atoms with Crippen LogP contribution in [0.3, 0.4) is 0 Å². The summed E-state index contributed by atoms with van der Waals surface area (Å²) >= 11 is 5.82. The predicted molar refractivity (Wildman–Crippen MR) is 59.0 cm³/mol. The average molecular weight is 225 g/mol. The van der Waals surface area contributed by atoms with Gasteiger partial charge >= 0.3 is 5.97 Å². The maximum Gasteiger partial charge on any atom is 0.307 e. The molecule has 1 aromatic carbocycles. The molecule has 80 valence electrons. The van der Waals surface area contributed by atoms with E-state index in [1.54, 1.807) is 0 Å². The summed E-state index contributed by atoms with van der Waals surface area (Å²) in [7, 11) is 0. The third-order valence-corrected chi connectivity index (χ3v) is 3.11. The molecule has 1 atom stereocenters. The number of rotatable bonds is 1. The average Bonchev–Trinajstić information content (AvgIpc) is 2.41. The second kappa shape index (κ2) is 3.53. The molecule has 1 aliphatic heterocycles. The van der Waals surface area contributed by atoms with E-state index < -0.39 is 5.60 Å². The third-order valence-electron chi connectivity index (χ3n) is 2.86. The number of cyclic esters (lactones) is 1. The van der Waals surface area contributed by atoms with Gasteiger partial charge < -0.3 is 4.74 Å². The van der Waals surface area contributed by atoms with Crippen molar-refractivity contribution in [3.05, 3.63) is 34.9 Å². The van der Waals surface area contributed by atoms with E-state index in [1.807, 2.05) is 38.1 Å². The summed E-state index contributed by atoms with van der Waals surface area (Å²) in [6, 6.07) is 7.60. The Bertz CT molecular complexity index is 381. The summed E-state index contributed by atoms with van der Waals surface area (Å²) in [6.07, 6.45) is 0.453. The van der Waals surface area contributed by atoms with E-state index in [2.05, 4.69) is 0 Å². The summed E-state index contributed by atoms with van der Waals surface area (Å²) < 4.78 is 5.27. The Kier molecular flexibility index (Phi) is 2.47. The molecule has 0 aromatic heterocycles. The highest BCUT2D eigenvalue weighted by Gasteiger charge is 2.42. The normalized spacial score (nSPS) is 23.9. The van der Waals surface area contributed by atoms with Gasteiger partial charge in [-0.3, -0.25) is 4.79 Å². The molecule has 0 spiro atoms. The van der Waals surface area contributed by atoms with Gasteiger partial charge in [-0.2, -0.15) is 0 Å². The fourth-order valence-electron chi connectivity index (χ4n) is 2.03. The van der Waals surface area contributed by atoms with Crippen molar-refractivity contribution >= 4 is 17.6 Å². The molecule has 1 aromatic rings. The summed E-state index contributed by atoms with van der Waals surface area (Å²) in [6.45, 7) is 3.88.